The van der Waals surface area contributed by atoms with Crippen molar-refractivity contribution >= 4 is 18.5 Å². The Kier molecular flexibility index (Phi) is 30.4. The van der Waals surface area contributed by atoms with Gasteiger partial charge in [-0.3, -0.25) is 0 Å². The average Bonchev–Trinajstić information content (AvgIpc) is 2.84. The van der Waals surface area contributed by atoms with Gasteiger partial charge < -0.3 is 5.73 Å². The highest BCUT2D eigenvalue weighted by molar-refractivity contribution is 7.19. The van der Waals surface area contributed by atoms with Gasteiger partial charge in [0.1, 0.15) is 7.38 Å². The van der Waals surface area contributed by atoms with Gasteiger partial charge in [0.05, 0.1) is 0 Å². The van der Waals surface area contributed by atoms with Crippen LogP contribution in [0, 0.1) is 0 Å². The van der Waals surface area contributed by atoms with Crippen LogP contribution >= 0.6 is 11.1 Å². The lowest BCUT2D eigenvalue weighted by atomic mass is 10.0. The van der Waals surface area contributed by atoms with Gasteiger partial charge >= 0.3 is 0 Å². The van der Waals surface area contributed by atoms with E-state index in [0.717, 1.165) is 6.54 Å². The Morgan fingerprint density at radius 3 is 0.667 bits per heavy atom. The Morgan fingerprint density at radius 2 is 0.500 bits per heavy atom. The topological polar surface area (TPSA) is 26.0 Å². The van der Waals surface area contributed by atoms with Gasteiger partial charge in [0.15, 0.2) is 0 Å². The summed E-state index contributed by atoms with van der Waals surface area (Å²) in [6, 6.07) is 1.30. The predicted molar refractivity (Wildman–Crippen MR) is 171 cm³/mol. The van der Waals surface area contributed by atoms with Gasteiger partial charge in [0.2, 0.25) is 0 Å². The summed E-state index contributed by atoms with van der Waals surface area (Å²) in [4.78, 5) is 0. The van der Waals surface area contributed by atoms with Crippen LogP contribution in [0.15, 0.2) is 0 Å². The minimum Gasteiger partial charge on any atom is -0.330 e. The fraction of sp³-hybridized carbons (Fsp3) is 1.00. The Balaban J connectivity index is 3.03. The second-order valence-corrected chi connectivity index (χ2v) is 19.5. The van der Waals surface area contributed by atoms with E-state index in [9.17, 15) is 0 Å². The summed E-state index contributed by atoms with van der Waals surface area (Å²) in [5.41, 5.74) is 5.54. The minimum atomic E-state index is -1.31. The highest BCUT2D eigenvalue weighted by Crippen LogP contribution is 2.20. The summed E-state index contributed by atoms with van der Waals surface area (Å²) < 4.78 is 0. The molecule has 0 fully saturated rings. The molecule has 0 saturated heterocycles. The van der Waals surface area contributed by atoms with Gasteiger partial charge in [-0.2, -0.15) is 11.1 Å². The summed E-state index contributed by atoms with van der Waals surface area (Å²) in [5.74, 6) is 0. The lowest BCUT2D eigenvalue weighted by Crippen LogP contribution is -2.14. The number of halogens is 1. The van der Waals surface area contributed by atoms with E-state index < -0.39 is 7.38 Å². The molecule has 3 heteroatoms. The van der Waals surface area contributed by atoms with Crippen LogP contribution in [0.1, 0.15) is 186 Å². The molecule has 0 aromatic rings. The molecule has 0 radical (unpaired) electrons. The first kappa shape index (κ1) is 36.5. The monoisotopic (exact) mass is 543 g/mol. The van der Waals surface area contributed by atoms with Crippen LogP contribution < -0.4 is 5.73 Å². The maximum absolute atomic E-state index is 6.39. The largest absolute Gasteiger partial charge is 0.330 e. The van der Waals surface area contributed by atoms with E-state index >= 15 is 0 Å². The fourth-order valence-corrected chi connectivity index (χ4v) is 6.95. The van der Waals surface area contributed by atoms with Crippen molar-refractivity contribution < 1.29 is 0 Å². The summed E-state index contributed by atoms with van der Waals surface area (Å²) in [5, 5.41) is 0. The van der Waals surface area contributed by atoms with E-state index in [1.807, 2.05) is 0 Å². The minimum absolute atomic E-state index is 0.872. The van der Waals surface area contributed by atoms with Crippen LogP contribution in [-0.2, 0) is 0 Å². The molecule has 0 aliphatic heterocycles. The number of unbranched alkanes of at least 4 members (excludes halogenated alkanes) is 28. The van der Waals surface area contributed by atoms with E-state index in [1.54, 1.807) is 0 Å². The first-order valence-electron chi connectivity index (χ1n) is 17.0. The first-order valence-corrected chi connectivity index (χ1v) is 21.2. The van der Waals surface area contributed by atoms with E-state index in [2.05, 4.69) is 13.1 Å². The molecule has 0 aliphatic carbocycles. The molecule has 0 atom stereocenters. The van der Waals surface area contributed by atoms with Crippen molar-refractivity contribution in [2.75, 3.05) is 6.54 Å². The molecule has 0 aliphatic rings. The molecule has 0 saturated carbocycles. The highest BCUT2D eigenvalue weighted by Gasteiger charge is 2.15. The van der Waals surface area contributed by atoms with Crippen LogP contribution in [0.5, 0.6) is 0 Å². The van der Waals surface area contributed by atoms with Crippen molar-refractivity contribution in [1.82, 2.24) is 0 Å². The van der Waals surface area contributed by atoms with Gasteiger partial charge in [-0.15, -0.1) is 0 Å². The summed E-state index contributed by atoms with van der Waals surface area (Å²) in [7, 11) is -1.31. The molecule has 0 spiro atoms. The van der Waals surface area contributed by atoms with Gasteiger partial charge in [0, 0.05) is 0 Å². The van der Waals surface area contributed by atoms with E-state index in [0.29, 0.717) is 0 Å². The van der Waals surface area contributed by atoms with Crippen molar-refractivity contribution in [1.29, 1.82) is 0 Å². The smallest absolute Gasteiger partial charge is 0.150 e. The normalized spacial score (nSPS) is 12.0. The molecule has 0 aromatic heterocycles. The molecule has 0 aromatic carbocycles. The molecule has 0 heterocycles. The Labute approximate surface area is 235 Å². The van der Waals surface area contributed by atoms with E-state index in [-0.39, 0.29) is 0 Å². The highest BCUT2D eigenvalue weighted by atomic mass is 35.6. The maximum atomic E-state index is 6.39. The lowest BCUT2D eigenvalue weighted by molar-refractivity contribution is 0.513. The third kappa shape index (κ3) is 34.5. The molecule has 218 valence electrons. The predicted octanol–water partition coefficient (Wildman–Crippen LogP) is 12.7. The van der Waals surface area contributed by atoms with Crippen molar-refractivity contribution in [2.24, 2.45) is 5.73 Å². The number of nitrogens with two attached hydrogens (primary N) is 1. The molecule has 0 rings (SSSR count). The standard InChI is InChI=1S/C33H70ClNSi/c1-36(2,34)33-31-29-27-25-23-21-19-17-15-13-11-9-7-5-3-4-6-8-10-12-14-16-18-20-22-24-26-28-30-32-35/h3-33,35H2,1-2H3. The third-order valence-electron chi connectivity index (χ3n) is 7.98. The zero-order valence-corrected chi connectivity index (χ0v) is 27.1. The number of rotatable bonds is 31. The first-order chi connectivity index (χ1) is 17.6. The molecule has 2 N–H and O–H groups in total. The summed E-state index contributed by atoms with van der Waals surface area (Å²) in [6.07, 6.45) is 42.0. The molecule has 0 bridgehead atoms. The summed E-state index contributed by atoms with van der Waals surface area (Å²) >= 11 is 6.39. The SMILES string of the molecule is C[Si](C)(Cl)CCCCCCCCCCCCCCCCCCCCCCCCCCCCCCCN. The van der Waals surface area contributed by atoms with Crippen LogP contribution in [0.25, 0.3) is 0 Å². The molecular weight excluding hydrogens is 474 g/mol. The third-order valence-corrected chi connectivity index (χ3v) is 10.1. The van der Waals surface area contributed by atoms with Crippen molar-refractivity contribution in [3.05, 3.63) is 0 Å². The number of hydrogen-bond donors (Lipinski definition) is 1. The zero-order chi connectivity index (χ0) is 26.4. The zero-order valence-electron chi connectivity index (χ0n) is 25.4. The second-order valence-electron chi connectivity index (χ2n) is 12.5. The fourth-order valence-electron chi connectivity index (χ4n) is 5.46. The lowest BCUT2D eigenvalue weighted by Gasteiger charge is -2.11. The Bertz CT molecular complexity index is 396. The summed E-state index contributed by atoms with van der Waals surface area (Å²) in [6.45, 7) is 5.42. The van der Waals surface area contributed by atoms with Crippen molar-refractivity contribution in [3.8, 4) is 0 Å². The van der Waals surface area contributed by atoms with Crippen LogP contribution in [-0.4, -0.2) is 13.9 Å². The van der Waals surface area contributed by atoms with E-state index in [4.69, 9.17) is 16.8 Å². The Hall–Kier alpha value is 0.467. The molecule has 1 nitrogen and oxygen atoms in total. The van der Waals surface area contributed by atoms with Gasteiger partial charge in [-0.05, 0) is 19.0 Å². The molecular formula is C33H70ClNSi. The average molecular weight is 544 g/mol. The van der Waals surface area contributed by atoms with Crippen molar-refractivity contribution in [3.63, 3.8) is 0 Å². The molecule has 0 unspecified atom stereocenters. The molecule has 36 heavy (non-hydrogen) atoms. The second kappa shape index (κ2) is 30.0. The van der Waals surface area contributed by atoms with E-state index in [1.165, 1.54) is 192 Å². The maximum Gasteiger partial charge on any atom is 0.150 e. The van der Waals surface area contributed by atoms with Crippen LogP contribution in [0.4, 0.5) is 0 Å². The molecule has 0 amide bonds. The van der Waals surface area contributed by atoms with Gasteiger partial charge in [0.25, 0.3) is 0 Å². The van der Waals surface area contributed by atoms with Crippen LogP contribution in [0.3, 0.4) is 0 Å². The van der Waals surface area contributed by atoms with Gasteiger partial charge in [-0.1, -0.05) is 193 Å². The van der Waals surface area contributed by atoms with Crippen LogP contribution in [0.2, 0.25) is 19.1 Å². The van der Waals surface area contributed by atoms with Crippen molar-refractivity contribution in [2.45, 2.75) is 205 Å². The quantitative estimate of drug-likeness (QED) is 0.0524. The number of hydrogen-bond acceptors (Lipinski definition) is 1. The van der Waals surface area contributed by atoms with Gasteiger partial charge in [-0.25, -0.2) is 0 Å². The Morgan fingerprint density at radius 1 is 0.333 bits per heavy atom.